The second-order valence-electron chi connectivity index (χ2n) is 3.82. The number of nitrogens with two attached hydrogens (primary N) is 1. The van der Waals surface area contributed by atoms with Gasteiger partial charge in [-0.05, 0) is 13.0 Å². The summed E-state index contributed by atoms with van der Waals surface area (Å²) in [5.74, 6) is 0.396. The van der Waals surface area contributed by atoms with Gasteiger partial charge in [-0.15, -0.1) is 11.3 Å². The molecule has 0 unspecified atom stereocenters. The Morgan fingerprint density at radius 3 is 2.89 bits per heavy atom. The molecule has 0 aliphatic carbocycles. The van der Waals surface area contributed by atoms with E-state index in [1.165, 1.54) is 17.7 Å². The van der Waals surface area contributed by atoms with Gasteiger partial charge in [-0.1, -0.05) is 5.16 Å². The molecule has 104 valence electrons. The zero-order chi connectivity index (χ0) is 13.9. The third-order valence-corrected chi connectivity index (χ3v) is 5.24. The van der Waals surface area contributed by atoms with Gasteiger partial charge in [0, 0.05) is 29.3 Å². The van der Waals surface area contributed by atoms with Crippen molar-refractivity contribution < 1.29 is 12.9 Å². The Kier molecular flexibility index (Phi) is 4.30. The molecule has 9 heteroatoms. The topological polar surface area (TPSA) is 111 Å². The molecule has 2 rings (SSSR count). The molecule has 0 saturated heterocycles. The van der Waals surface area contributed by atoms with E-state index < -0.39 is 10.0 Å². The van der Waals surface area contributed by atoms with Crippen LogP contribution >= 0.6 is 11.3 Å². The molecule has 0 aliphatic heterocycles. The van der Waals surface area contributed by atoms with E-state index in [4.69, 9.17) is 10.3 Å². The van der Waals surface area contributed by atoms with Crippen LogP contribution in [0, 0.1) is 6.92 Å². The van der Waals surface area contributed by atoms with E-state index in [1.54, 1.807) is 13.0 Å². The second kappa shape index (κ2) is 5.78. The van der Waals surface area contributed by atoms with Gasteiger partial charge in [-0.25, -0.2) is 13.1 Å². The number of thiophene rings is 1. The van der Waals surface area contributed by atoms with E-state index in [2.05, 4.69) is 14.9 Å². The van der Waals surface area contributed by atoms with Gasteiger partial charge in [0.05, 0.1) is 4.90 Å². The van der Waals surface area contributed by atoms with Crippen LogP contribution in [0.5, 0.6) is 0 Å². The SMILES string of the molecule is Cc1sc(CN)cc1S(=O)(=O)NCCc1ncno1. The summed E-state index contributed by atoms with van der Waals surface area (Å²) in [6.45, 7) is 2.30. The molecule has 19 heavy (non-hydrogen) atoms. The third-order valence-electron chi connectivity index (χ3n) is 2.45. The summed E-state index contributed by atoms with van der Waals surface area (Å²) in [6, 6.07) is 1.61. The van der Waals surface area contributed by atoms with E-state index in [0.29, 0.717) is 18.9 Å². The Labute approximate surface area is 114 Å². The first kappa shape index (κ1) is 14.1. The molecule has 0 fully saturated rings. The van der Waals surface area contributed by atoms with Crippen molar-refractivity contribution in [3.63, 3.8) is 0 Å². The van der Waals surface area contributed by atoms with E-state index in [1.807, 2.05) is 0 Å². The normalized spacial score (nSPS) is 11.9. The Hall–Kier alpha value is -1.29. The fraction of sp³-hybridized carbons (Fsp3) is 0.400. The number of nitrogens with zero attached hydrogens (tertiary/aromatic N) is 2. The summed E-state index contributed by atoms with van der Waals surface area (Å²) in [7, 11) is -3.52. The molecule has 0 radical (unpaired) electrons. The molecule has 0 aliphatic rings. The van der Waals surface area contributed by atoms with Crippen molar-refractivity contribution in [1.29, 1.82) is 0 Å². The first-order chi connectivity index (χ1) is 9.03. The predicted octanol–water partition coefficient (Wildman–Crippen LogP) is 0.419. The highest BCUT2D eigenvalue weighted by Gasteiger charge is 2.19. The van der Waals surface area contributed by atoms with Crippen LogP contribution in [0.4, 0.5) is 0 Å². The number of hydrogen-bond acceptors (Lipinski definition) is 7. The van der Waals surface area contributed by atoms with Crippen molar-refractivity contribution in [1.82, 2.24) is 14.9 Å². The first-order valence-corrected chi connectivity index (χ1v) is 7.87. The lowest BCUT2D eigenvalue weighted by molar-refractivity contribution is 0.377. The summed E-state index contributed by atoms with van der Waals surface area (Å²) in [4.78, 5) is 5.67. The van der Waals surface area contributed by atoms with Gasteiger partial charge in [0.25, 0.3) is 0 Å². The number of aryl methyl sites for hydroxylation is 1. The summed E-state index contributed by atoms with van der Waals surface area (Å²) in [5, 5.41) is 3.45. The first-order valence-electron chi connectivity index (χ1n) is 5.57. The maximum absolute atomic E-state index is 12.1. The number of hydrogen-bond donors (Lipinski definition) is 2. The number of aromatic nitrogens is 2. The number of rotatable bonds is 6. The molecule has 0 amide bonds. The molecule has 3 N–H and O–H groups in total. The molecule has 0 saturated carbocycles. The largest absolute Gasteiger partial charge is 0.340 e. The second-order valence-corrected chi connectivity index (χ2v) is 6.90. The summed E-state index contributed by atoms with van der Waals surface area (Å²) in [5.41, 5.74) is 5.51. The maximum atomic E-state index is 12.1. The minimum Gasteiger partial charge on any atom is -0.340 e. The average Bonchev–Trinajstić information content (AvgIpc) is 2.98. The lowest BCUT2D eigenvalue weighted by Crippen LogP contribution is -2.26. The van der Waals surface area contributed by atoms with E-state index >= 15 is 0 Å². The standard InChI is InChI=1S/C10H14N4O3S2/c1-7-9(4-8(5-11)18-7)19(15,16)14-3-2-10-12-6-13-17-10/h4,6,14H,2-3,5,11H2,1H3. The van der Waals surface area contributed by atoms with Crippen LogP contribution in [-0.2, 0) is 23.0 Å². The van der Waals surface area contributed by atoms with Crippen LogP contribution in [-0.4, -0.2) is 25.1 Å². The molecular formula is C10H14N4O3S2. The molecule has 0 bridgehead atoms. The van der Waals surface area contributed by atoms with Crippen molar-refractivity contribution in [2.75, 3.05) is 6.54 Å². The number of nitrogens with one attached hydrogen (secondary N) is 1. The van der Waals surface area contributed by atoms with Crippen LogP contribution in [0.15, 0.2) is 21.8 Å². The lowest BCUT2D eigenvalue weighted by Gasteiger charge is -2.04. The van der Waals surface area contributed by atoms with Crippen LogP contribution in [0.2, 0.25) is 0 Å². The molecular weight excluding hydrogens is 288 g/mol. The Balaban J connectivity index is 2.03. The number of sulfonamides is 1. The predicted molar refractivity (Wildman–Crippen MR) is 70.1 cm³/mol. The van der Waals surface area contributed by atoms with Crippen molar-refractivity contribution in [3.05, 3.63) is 28.0 Å². The van der Waals surface area contributed by atoms with Gasteiger partial charge in [-0.3, -0.25) is 0 Å². The summed E-state index contributed by atoms with van der Waals surface area (Å²) in [6.07, 6.45) is 1.63. The lowest BCUT2D eigenvalue weighted by atomic mass is 10.4. The zero-order valence-corrected chi connectivity index (χ0v) is 11.9. The van der Waals surface area contributed by atoms with Gasteiger partial charge in [0.1, 0.15) is 0 Å². The fourth-order valence-electron chi connectivity index (χ4n) is 1.57. The van der Waals surface area contributed by atoms with Gasteiger partial charge < -0.3 is 10.3 Å². The van der Waals surface area contributed by atoms with Gasteiger partial charge >= 0.3 is 0 Å². The Bertz CT molecular complexity index is 634. The summed E-state index contributed by atoms with van der Waals surface area (Å²) >= 11 is 1.39. The fourth-order valence-corrected chi connectivity index (χ4v) is 4.11. The van der Waals surface area contributed by atoms with Crippen molar-refractivity contribution in [2.24, 2.45) is 5.73 Å². The van der Waals surface area contributed by atoms with E-state index in [0.717, 1.165) is 9.75 Å². The molecule has 0 spiro atoms. The molecule has 0 atom stereocenters. The minimum atomic E-state index is -3.52. The van der Waals surface area contributed by atoms with Gasteiger partial charge in [0.15, 0.2) is 6.33 Å². The van der Waals surface area contributed by atoms with Crippen LogP contribution in [0.3, 0.4) is 0 Å². The molecule has 0 aromatic carbocycles. The van der Waals surface area contributed by atoms with E-state index in [-0.39, 0.29) is 11.4 Å². The zero-order valence-electron chi connectivity index (χ0n) is 10.3. The van der Waals surface area contributed by atoms with Gasteiger partial charge in [-0.2, -0.15) is 4.98 Å². The smallest absolute Gasteiger partial charge is 0.241 e. The monoisotopic (exact) mass is 302 g/mol. The van der Waals surface area contributed by atoms with Crippen LogP contribution < -0.4 is 10.5 Å². The van der Waals surface area contributed by atoms with Crippen molar-refractivity contribution >= 4 is 21.4 Å². The molecule has 2 heterocycles. The Morgan fingerprint density at radius 1 is 1.53 bits per heavy atom. The highest BCUT2D eigenvalue weighted by molar-refractivity contribution is 7.89. The van der Waals surface area contributed by atoms with Crippen molar-refractivity contribution in [2.45, 2.75) is 24.8 Å². The quantitative estimate of drug-likeness (QED) is 0.800. The minimum absolute atomic E-state index is 0.206. The van der Waals surface area contributed by atoms with Crippen LogP contribution in [0.25, 0.3) is 0 Å². The van der Waals surface area contributed by atoms with Crippen LogP contribution in [0.1, 0.15) is 15.6 Å². The highest BCUT2D eigenvalue weighted by Crippen LogP contribution is 2.25. The molecule has 2 aromatic heterocycles. The van der Waals surface area contributed by atoms with Crippen molar-refractivity contribution in [3.8, 4) is 0 Å². The molecule has 2 aromatic rings. The van der Waals surface area contributed by atoms with E-state index in [9.17, 15) is 8.42 Å². The maximum Gasteiger partial charge on any atom is 0.241 e. The average molecular weight is 302 g/mol. The van der Waals surface area contributed by atoms with Gasteiger partial charge in [0.2, 0.25) is 15.9 Å². The Morgan fingerprint density at radius 2 is 2.32 bits per heavy atom. The summed E-state index contributed by atoms with van der Waals surface area (Å²) < 4.78 is 31.5. The third kappa shape index (κ3) is 3.38. The molecule has 7 nitrogen and oxygen atoms in total. The highest BCUT2D eigenvalue weighted by atomic mass is 32.2.